The van der Waals surface area contributed by atoms with Crippen LogP contribution in [-0.2, 0) is 9.59 Å². The van der Waals surface area contributed by atoms with Crippen LogP contribution in [0.1, 0.15) is 32.4 Å². The summed E-state index contributed by atoms with van der Waals surface area (Å²) in [7, 11) is 0. The fourth-order valence-corrected chi connectivity index (χ4v) is 1.63. The molecule has 1 aromatic carbocycles. The third-order valence-electron chi connectivity index (χ3n) is 2.53. The van der Waals surface area contributed by atoms with Gasteiger partial charge in [0, 0.05) is 9.89 Å². The van der Waals surface area contributed by atoms with E-state index in [4.69, 9.17) is 5.21 Å². The predicted octanol–water partition coefficient (Wildman–Crippen LogP) is 2.16. The molecule has 0 aliphatic rings. The van der Waals surface area contributed by atoms with E-state index in [1.54, 1.807) is 50.5 Å². The molecule has 0 saturated heterocycles. The standard InChI is InChI=1S/C13H17BrN2O3/c1-13(2,3)12(18)15-10(11(17)16-19)8-4-6-9(14)7-5-8/h4-7,10,19H,1-3H3,(H,15,18)(H,16,17). The van der Waals surface area contributed by atoms with Crippen molar-refractivity contribution in [2.24, 2.45) is 5.41 Å². The summed E-state index contributed by atoms with van der Waals surface area (Å²) in [6.45, 7) is 5.24. The van der Waals surface area contributed by atoms with Crippen molar-refractivity contribution in [1.29, 1.82) is 0 Å². The molecule has 0 saturated carbocycles. The Hall–Kier alpha value is -1.40. The fraction of sp³-hybridized carbons (Fsp3) is 0.385. The number of halogens is 1. The van der Waals surface area contributed by atoms with E-state index in [0.29, 0.717) is 5.56 Å². The minimum Gasteiger partial charge on any atom is -0.340 e. The van der Waals surface area contributed by atoms with Crippen LogP contribution in [0.5, 0.6) is 0 Å². The van der Waals surface area contributed by atoms with Crippen LogP contribution in [0.3, 0.4) is 0 Å². The van der Waals surface area contributed by atoms with Crippen LogP contribution in [0.2, 0.25) is 0 Å². The Morgan fingerprint density at radius 2 is 1.74 bits per heavy atom. The van der Waals surface area contributed by atoms with Crippen molar-refractivity contribution in [2.45, 2.75) is 26.8 Å². The van der Waals surface area contributed by atoms with E-state index in [9.17, 15) is 9.59 Å². The molecule has 3 N–H and O–H groups in total. The molecule has 0 bridgehead atoms. The maximum Gasteiger partial charge on any atom is 0.270 e. The van der Waals surface area contributed by atoms with E-state index in [1.165, 1.54) is 0 Å². The lowest BCUT2D eigenvalue weighted by molar-refractivity contribution is -0.137. The highest BCUT2D eigenvalue weighted by molar-refractivity contribution is 9.10. The Labute approximate surface area is 120 Å². The van der Waals surface area contributed by atoms with E-state index >= 15 is 0 Å². The Balaban J connectivity index is 2.99. The minimum absolute atomic E-state index is 0.274. The van der Waals surface area contributed by atoms with Gasteiger partial charge in [0.25, 0.3) is 5.91 Å². The molecule has 1 aromatic rings. The van der Waals surface area contributed by atoms with E-state index in [0.717, 1.165) is 4.47 Å². The molecule has 19 heavy (non-hydrogen) atoms. The van der Waals surface area contributed by atoms with E-state index < -0.39 is 17.4 Å². The smallest absolute Gasteiger partial charge is 0.270 e. The summed E-state index contributed by atoms with van der Waals surface area (Å²) in [5.74, 6) is -0.955. The zero-order chi connectivity index (χ0) is 14.6. The normalized spacial score (nSPS) is 12.7. The zero-order valence-electron chi connectivity index (χ0n) is 11.0. The van der Waals surface area contributed by atoms with Gasteiger partial charge in [-0.15, -0.1) is 0 Å². The lowest BCUT2D eigenvalue weighted by atomic mass is 9.94. The Kier molecular flexibility index (Phi) is 5.08. The summed E-state index contributed by atoms with van der Waals surface area (Å²) >= 11 is 3.29. The Bertz CT molecular complexity index is 466. The first-order valence-electron chi connectivity index (χ1n) is 5.76. The van der Waals surface area contributed by atoms with Crippen LogP contribution in [-0.4, -0.2) is 17.0 Å². The van der Waals surface area contributed by atoms with Gasteiger partial charge in [-0.1, -0.05) is 48.8 Å². The molecular formula is C13H17BrN2O3. The first kappa shape index (κ1) is 15.7. The fourth-order valence-electron chi connectivity index (χ4n) is 1.37. The summed E-state index contributed by atoms with van der Waals surface area (Å²) in [6, 6.07) is 6.00. The van der Waals surface area contributed by atoms with Crippen molar-refractivity contribution in [3.05, 3.63) is 34.3 Å². The van der Waals surface area contributed by atoms with Crippen LogP contribution in [0.15, 0.2) is 28.7 Å². The van der Waals surface area contributed by atoms with Crippen LogP contribution < -0.4 is 10.8 Å². The molecule has 0 heterocycles. The number of rotatable bonds is 3. The van der Waals surface area contributed by atoms with Crippen molar-refractivity contribution >= 4 is 27.7 Å². The third-order valence-corrected chi connectivity index (χ3v) is 3.06. The quantitative estimate of drug-likeness (QED) is 0.587. The van der Waals surface area contributed by atoms with Crippen LogP contribution in [0.25, 0.3) is 0 Å². The zero-order valence-corrected chi connectivity index (χ0v) is 12.6. The summed E-state index contributed by atoms with van der Waals surface area (Å²) in [5.41, 5.74) is 1.54. The van der Waals surface area contributed by atoms with Gasteiger partial charge in [-0.2, -0.15) is 0 Å². The highest BCUT2D eigenvalue weighted by atomic mass is 79.9. The molecular weight excluding hydrogens is 312 g/mol. The Morgan fingerprint density at radius 1 is 1.21 bits per heavy atom. The van der Waals surface area contributed by atoms with Crippen molar-refractivity contribution in [1.82, 2.24) is 10.8 Å². The van der Waals surface area contributed by atoms with Gasteiger partial charge in [0.05, 0.1) is 0 Å². The van der Waals surface area contributed by atoms with Gasteiger partial charge in [0.15, 0.2) is 0 Å². The maximum atomic E-state index is 12.0. The van der Waals surface area contributed by atoms with Gasteiger partial charge >= 0.3 is 0 Å². The van der Waals surface area contributed by atoms with Crippen molar-refractivity contribution in [3.63, 3.8) is 0 Å². The third kappa shape index (κ3) is 4.33. The van der Waals surface area contributed by atoms with Crippen LogP contribution >= 0.6 is 15.9 Å². The van der Waals surface area contributed by atoms with Crippen LogP contribution in [0, 0.1) is 5.41 Å². The molecule has 0 aliphatic heterocycles. The van der Waals surface area contributed by atoms with Gasteiger partial charge in [-0.3, -0.25) is 14.8 Å². The summed E-state index contributed by atoms with van der Waals surface area (Å²) in [4.78, 5) is 23.6. The molecule has 1 atom stereocenters. The summed E-state index contributed by atoms with van der Waals surface area (Å²) < 4.78 is 0.863. The minimum atomic E-state index is -0.926. The second-order valence-electron chi connectivity index (χ2n) is 5.18. The average molecular weight is 329 g/mol. The molecule has 104 valence electrons. The monoisotopic (exact) mass is 328 g/mol. The number of hydroxylamine groups is 1. The van der Waals surface area contributed by atoms with Gasteiger partial charge in [0.2, 0.25) is 5.91 Å². The molecule has 0 spiro atoms. The summed E-state index contributed by atoms with van der Waals surface area (Å²) in [6.07, 6.45) is 0. The predicted molar refractivity (Wildman–Crippen MR) is 74.4 cm³/mol. The first-order chi connectivity index (χ1) is 8.75. The topological polar surface area (TPSA) is 78.4 Å². The van der Waals surface area contributed by atoms with E-state index in [-0.39, 0.29) is 5.91 Å². The van der Waals surface area contributed by atoms with E-state index in [1.807, 2.05) is 0 Å². The van der Waals surface area contributed by atoms with Gasteiger partial charge in [-0.05, 0) is 17.7 Å². The lowest BCUT2D eigenvalue weighted by Crippen LogP contribution is -2.43. The SMILES string of the molecule is CC(C)(C)C(=O)NC(C(=O)NO)c1ccc(Br)cc1. The maximum absolute atomic E-state index is 12.0. The largest absolute Gasteiger partial charge is 0.340 e. The number of benzene rings is 1. The number of amides is 2. The molecule has 1 unspecified atom stereocenters. The number of hydrogen-bond acceptors (Lipinski definition) is 3. The highest BCUT2D eigenvalue weighted by Gasteiger charge is 2.28. The Morgan fingerprint density at radius 3 is 2.16 bits per heavy atom. The molecule has 6 heteroatoms. The highest BCUT2D eigenvalue weighted by Crippen LogP contribution is 2.20. The molecule has 5 nitrogen and oxygen atoms in total. The van der Waals surface area contributed by atoms with Gasteiger partial charge < -0.3 is 5.32 Å². The van der Waals surface area contributed by atoms with Gasteiger partial charge in [-0.25, -0.2) is 5.48 Å². The van der Waals surface area contributed by atoms with Crippen molar-refractivity contribution < 1.29 is 14.8 Å². The van der Waals surface area contributed by atoms with Gasteiger partial charge in [0.1, 0.15) is 6.04 Å². The molecule has 0 aliphatic carbocycles. The number of nitrogens with one attached hydrogen (secondary N) is 2. The molecule has 0 radical (unpaired) electrons. The van der Waals surface area contributed by atoms with Crippen molar-refractivity contribution in [2.75, 3.05) is 0 Å². The molecule has 0 fully saturated rings. The second-order valence-corrected chi connectivity index (χ2v) is 6.10. The summed E-state index contributed by atoms with van der Waals surface area (Å²) in [5, 5.41) is 11.4. The molecule has 0 aromatic heterocycles. The van der Waals surface area contributed by atoms with Crippen molar-refractivity contribution in [3.8, 4) is 0 Å². The number of carbonyl (C=O) groups excluding carboxylic acids is 2. The van der Waals surface area contributed by atoms with E-state index in [2.05, 4.69) is 21.2 Å². The first-order valence-corrected chi connectivity index (χ1v) is 6.55. The number of carbonyl (C=O) groups is 2. The second kappa shape index (κ2) is 6.16. The lowest BCUT2D eigenvalue weighted by Gasteiger charge is -2.23. The molecule has 1 rings (SSSR count). The molecule has 2 amide bonds. The number of hydrogen-bond donors (Lipinski definition) is 3. The van der Waals surface area contributed by atoms with Crippen LogP contribution in [0.4, 0.5) is 0 Å². The average Bonchev–Trinajstić information content (AvgIpc) is 2.35.